The highest BCUT2D eigenvalue weighted by atomic mass is 16.2. The fourth-order valence-corrected chi connectivity index (χ4v) is 4.31. The van der Waals surface area contributed by atoms with Gasteiger partial charge in [0.25, 0.3) is 5.56 Å². The van der Waals surface area contributed by atoms with Crippen LogP contribution in [-0.2, 0) is 29.0 Å². The summed E-state index contributed by atoms with van der Waals surface area (Å²) in [5.41, 5.74) is 2.10. The van der Waals surface area contributed by atoms with E-state index in [0.717, 1.165) is 22.1 Å². The highest BCUT2D eigenvalue weighted by Crippen LogP contribution is 2.16. The zero-order valence-corrected chi connectivity index (χ0v) is 21.9. The van der Waals surface area contributed by atoms with E-state index in [1.165, 1.54) is 4.57 Å². The summed E-state index contributed by atoms with van der Waals surface area (Å²) in [6, 6.07) is 21.0. The van der Waals surface area contributed by atoms with E-state index < -0.39 is 11.2 Å². The predicted octanol–water partition coefficient (Wildman–Crippen LogP) is 3.67. The number of aryl methyl sites for hydroxylation is 1. The van der Waals surface area contributed by atoms with Gasteiger partial charge in [0.15, 0.2) is 0 Å². The molecule has 0 saturated carbocycles. The van der Waals surface area contributed by atoms with Crippen molar-refractivity contribution in [2.24, 2.45) is 5.92 Å². The minimum atomic E-state index is -0.616. The van der Waals surface area contributed by atoms with Crippen LogP contribution in [0.15, 0.2) is 82.4 Å². The Morgan fingerprint density at radius 1 is 0.868 bits per heavy atom. The van der Waals surface area contributed by atoms with Gasteiger partial charge in [0.1, 0.15) is 6.54 Å². The molecule has 0 radical (unpaired) electrons. The quantitative estimate of drug-likeness (QED) is 0.357. The summed E-state index contributed by atoms with van der Waals surface area (Å²) < 4.78 is 2.38. The summed E-state index contributed by atoms with van der Waals surface area (Å²) >= 11 is 0. The van der Waals surface area contributed by atoms with Crippen LogP contribution in [0.1, 0.15) is 31.9 Å². The molecule has 2 amide bonds. The number of benzene rings is 3. The molecule has 4 aromatic rings. The molecule has 0 fully saturated rings. The molecule has 0 unspecified atom stereocenters. The molecule has 3 aromatic carbocycles. The molecule has 2 N–H and O–H groups in total. The van der Waals surface area contributed by atoms with Crippen LogP contribution in [0.4, 0.5) is 5.69 Å². The van der Waals surface area contributed by atoms with Gasteiger partial charge in [-0.15, -0.1) is 0 Å². The molecule has 0 atom stereocenters. The van der Waals surface area contributed by atoms with Crippen LogP contribution in [0, 0.1) is 5.92 Å². The highest BCUT2D eigenvalue weighted by molar-refractivity contribution is 5.92. The van der Waals surface area contributed by atoms with Gasteiger partial charge in [-0.3, -0.25) is 19.0 Å². The third-order valence-electron chi connectivity index (χ3n) is 6.29. The molecular formula is C30H32N4O4. The van der Waals surface area contributed by atoms with Crippen molar-refractivity contribution in [1.82, 2.24) is 14.5 Å². The summed E-state index contributed by atoms with van der Waals surface area (Å²) in [4.78, 5) is 52.2. The van der Waals surface area contributed by atoms with Crippen molar-refractivity contribution in [2.45, 2.75) is 40.2 Å². The number of amides is 2. The Balaban J connectivity index is 1.67. The number of anilines is 1. The van der Waals surface area contributed by atoms with Crippen LogP contribution in [-0.4, -0.2) is 27.5 Å². The Bertz CT molecular complexity index is 1580. The Kier molecular flexibility index (Phi) is 8.21. The molecule has 0 spiro atoms. The first-order chi connectivity index (χ1) is 18.3. The SMILES string of the molecule is CCc1ccccc1NC(=O)Cn1c(=O)n(-c2ccc(CC(=O)NCC(C)C)cc2)c(=O)c2ccccc21. The van der Waals surface area contributed by atoms with Crippen molar-refractivity contribution in [1.29, 1.82) is 0 Å². The maximum atomic E-state index is 13.6. The highest BCUT2D eigenvalue weighted by Gasteiger charge is 2.17. The van der Waals surface area contributed by atoms with Gasteiger partial charge in [0, 0.05) is 12.2 Å². The largest absolute Gasteiger partial charge is 0.356 e. The van der Waals surface area contributed by atoms with Crippen molar-refractivity contribution in [2.75, 3.05) is 11.9 Å². The zero-order valence-electron chi connectivity index (χ0n) is 21.9. The topological polar surface area (TPSA) is 102 Å². The van der Waals surface area contributed by atoms with Crippen LogP contribution >= 0.6 is 0 Å². The molecular weight excluding hydrogens is 480 g/mol. The van der Waals surface area contributed by atoms with Crippen LogP contribution in [0.3, 0.4) is 0 Å². The zero-order chi connectivity index (χ0) is 27.2. The average Bonchev–Trinajstić information content (AvgIpc) is 2.91. The van der Waals surface area contributed by atoms with E-state index in [2.05, 4.69) is 10.6 Å². The van der Waals surface area contributed by atoms with Gasteiger partial charge in [-0.2, -0.15) is 0 Å². The second kappa shape index (κ2) is 11.7. The molecule has 0 aliphatic rings. The second-order valence-electron chi connectivity index (χ2n) is 9.63. The lowest BCUT2D eigenvalue weighted by Gasteiger charge is -2.15. The second-order valence-corrected chi connectivity index (χ2v) is 9.63. The first-order valence-corrected chi connectivity index (χ1v) is 12.8. The Labute approximate surface area is 220 Å². The number of para-hydroxylation sites is 2. The third-order valence-corrected chi connectivity index (χ3v) is 6.29. The molecule has 0 aliphatic carbocycles. The van der Waals surface area contributed by atoms with Crippen LogP contribution in [0.25, 0.3) is 16.6 Å². The molecule has 8 heteroatoms. The Morgan fingerprint density at radius 3 is 2.26 bits per heavy atom. The maximum Gasteiger partial charge on any atom is 0.336 e. The van der Waals surface area contributed by atoms with E-state index >= 15 is 0 Å². The van der Waals surface area contributed by atoms with Gasteiger partial charge in [-0.1, -0.05) is 63.2 Å². The van der Waals surface area contributed by atoms with Crippen LogP contribution in [0.2, 0.25) is 0 Å². The standard InChI is InChI=1S/C30H32N4O4/c1-4-22-9-5-7-11-25(22)32-28(36)19-33-26-12-8-6-10-24(26)29(37)34(30(33)38)23-15-13-21(14-16-23)17-27(35)31-18-20(2)3/h5-16,20H,4,17-19H2,1-3H3,(H,31,35)(H,32,36). The number of fused-ring (bicyclic) bond motifs is 1. The number of carbonyl (C=O) groups excluding carboxylic acids is 2. The molecule has 1 aromatic heterocycles. The lowest BCUT2D eigenvalue weighted by atomic mass is 10.1. The molecule has 4 rings (SSSR count). The predicted molar refractivity (Wildman–Crippen MR) is 150 cm³/mol. The van der Waals surface area contributed by atoms with E-state index in [0.29, 0.717) is 34.7 Å². The van der Waals surface area contributed by atoms with Crippen LogP contribution in [0.5, 0.6) is 0 Å². The first-order valence-electron chi connectivity index (χ1n) is 12.8. The molecule has 38 heavy (non-hydrogen) atoms. The van der Waals surface area contributed by atoms with Gasteiger partial charge in [-0.25, -0.2) is 9.36 Å². The molecule has 196 valence electrons. The minimum Gasteiger partial charge on any atom is -0.356 e. The lowest BCUT2D eigenvalue weighted by Crippen LogP contribution is -2.40. The average molecular weight is 513 g/mol. The smallest absolute Gasteiger partial charge is 0.336 e. The first kappa shape index (κ1) is 26.6. The van der Waals surface area contributed by atoms with Crippen LogP contribution < -0.4 is 21.9 Å². The minimum absolute atomic E-state index is 0.0904. The fourth-order valence-electron chi connectivity index (χ4n) is 4.31. The van der Waals surface area contributed by atoms with E-state index in [1.54, 1.807) is 48.5 Å². The van der Waals surface area contributed by atoms with Crippen molar-refractivity contribution < 1.29 is 9.59 Å². The summed E-state index contributed by atoms with van der Waals surface area (Å²) in [6.45, 7) is 6.39. The van der Waals surface area contributed by atoms with E-state index in [4.69, 9.17) is 0 Å². The monoisotopic (exact) mass is 512 g/mol. The van der Waals surface area contributed by atoms with Gasteiger partial charge < -0.3 is 10.6 Å². The summed E-state index contributed by atoms with van der Waals surface area (Å²) in [5.74, 6) is -0.106. The number of nitrogens with one attached hydrogen (secondary N) is 2. The maximum absolute atomic E-state index is 13.6. The number of nitrogens with zero attached hydrogens (tertiary/aromatic N) is 2. The lowest BCUT2D eigenvalue weighted by molar-refractivity contribution is -0.120. The number of hydrogen-bond acceptors (Lipinski definition) is 4. The molecule has 0 aliphatic heterocycles. The summed E-state index contributed by atoms with van der Waals surface area (Å²) in [6.07, 6.45) is 0.947. The molecule has 8 nitrogen and oxygen atoms in total. The van der Waals surface area contributed by atoms with Crippen molar-refractivity contribution in [3.05, 3.63) is 105 Å². The number of carbonyl (C=O) groups is 2. The van der Waals surface area contributed by atoms with E-state index in [-0.39, 0.29) is 24.8 Å². The van der Waals surface area contributed by atoms with E-state index in [1.807, 2.05) is 45.0 Å². The summed E-state index contributed by atoms with van der Waals surface area (Å²) in [7, 11) is 0. The van der Waals surface area contributed by atoms with Gasteiger partial charge >= 0.3 is 5.69 Å². The molecule has 1 heterocycles. The number of aromatic nitrogens is 2. The van der Waals surface area contributed by atoms with Crippen molar-refractivity contribution in [3.63, 3.8) is 0 Å². The number of hydrogen-bond donors (Lipinski definition) is 2. The molecule has 0 bridgehead atoms. The normalized spacial score (nSPS) is 11.1. The fraction of sp³-hybridized carbons (Fsp3) is 0.267. The van der Waals surface area contributed by atoms with Gasteiger partial charge in [0.2, 0.25) is 11.8 Å². The summed E-state index contributed by atoms with van der Waals surface area (Å²) in [5, 5.41) is 6.10. The molecule has 0 saturated heterocycles. The van der Waals surface area contributed by atoms with E-state index in [9.17, 15) is 19.2 Å². The van der Waals surface area contributed by atoms with Crippen molar-refractivity contribution >= 4 is 28.4 Å². The third kappa shape index (κ3) is 5.91. The Morgan fingerprint density at radius 2 is 1.55 bits per heavy atom. The van der Waals surface area contributed by atoms with Gasteiger partial charge in [-0.05, 0) is 53.8 Å². The van der Waals surface area contributed by atoms with Crippen molar-refractivity contribution in [3.8, 4) is 5.69 Å². The number of rotatable bonds is 9. The Hall–Kier alpha value is -4.46. The van der Waals surface area contributed by atoms with Gasteiger partial charge in [0.05, 0.1) is 23.0 Å².